The molecule has 0 aliphatic carbocycles. The van der Waals surface area contributed by atoms with Crippen LogP contribution in [0.15, 0.2) is 28.0 Å². The third-order valence-electron chi connectivity index (χ3n) is 3.85. The van der Waals surface area contributed by atoms with E-state index in [0.717, 1.165) is 12.1 Å². The van der Waals surface area contributed by atoms with Crippen molar-refractivity contribution in [1.29, 1.82) is 0 Å². The van der Waals surface area contributed by atoms with Gasteiger partial charge < -0.3 is 9.64 Å². The number of likely N-dealkylation sites (tertiary alicyclic amines) is 1. The van der Waals surface area contributed by atoms with Crippen molar-refractivity contribution in [1.82, 2.24) is 4.90 Å². The van der Waals surface area contributed by atoms with Crippen molar-refractivity contribution in [2.45, 2.75) is 54.3 Å². The molecule has 1 aromatic rings. The first kappa shape index (κ1) is 20.8. The van der Waals surface area contributed by atoms with Crippen LogP contribution in [0.25, 0.3) is 0 Å². The monoisotopic (exact) mass is 406 g/mol. The van der Waals surface area contributed by atoms with E-state index in [1.54, 1.807) is 25.7 Å². The molecule has 2 rings (SSSR count). The summed E-state index contributed by atoms with van der Waals surface area (Å²) in [6.45, 7) is 6.06. The van der Waals surface area contributed by atoms with Gasteiger partial charge in [0, 0.05) is 18.3 Å². The fraction of sp³-hybridized carbons (Fsp3) is 0.562. The summed E-state index contributed by atoms with van der Waals surface area (Å²) in [5.74, 6) is -0.871. The second-order valence-corrected chi connectivity index (χ2v) is 10.4. The largest absolute Gasteiger partial charge is 0.444 e. The highest BCUT2D eigenvalue weighted by molar-refractivity contribution is 7.89. The number of primary sulfonamides is 1. The van der Waals surface area contributed by atoms with Gasteiger partial charge >= 0.3 is 6.09 Å². The standard InChI is InChI=1S/C16H23FN2O5S2/c1-16(2,3)24-15(20)19-8-6-11(7-9-19)25(21)14-5-4-12(10-13(14)17)26(18,22)23/h4-5,10-11H,6-9H2,1-3H3,(H2,18,22,23). The summed E-state index contributed by atoms with van der Waals surface area (Å²) in [6.07, 6.45) is 0.440. The van der Waals surface area contributed by atoms with E-state index in [0.29, 0.717) is 25.9 Å². The Labute approximate surface area is 155 Å². The quantitative estimate of drug-likeness (QED) is 0.826. The number of ether oxygens (including phenoxy) is 1. The number of benzene rings is 1. The Balaban J connectivity index is 2.04. The third kappa shape index (κ3) is 5.24. The number of halogens is 1. The van der Waals surface area contributed by atoms with Crippen molar-refractivity contribution >= 4 is 26.9 Å². The van der Waals surface area contributed by atoms with Crippen molar-refractivity contribution in [3.05, 3.63) is 24.0 Å². The molecule has 1 aliphatic heterocycles. The number of carbonyl (C=O) groups excluding carboxylic acids is 1. The molecule has 1 saturated heterocycles. The van der Waals surface area contributed by atoms with Crippen molar-refractivity contribution in [3.63, 3.8) is 0 Å². The van der Waals surface area contributed by atoms with Gasteiger partial charge in [-0.05, 0) is 51.8 Å². The molecular weight excluding hydrogens is 383 g/mol. The molecule has 0 spiro atoms. The maximum absolute atomic E-state index is 14.2. The van der Waals surface area contributed by atoms with Gasteiger partial charge in [0.1, 0.15) is 11.4 Å². The highest BCUT2D eigenvalue weighted by Crippen LogP contribution is 2.25. The topological polar surface area (TPSA) is 107 Å². The number of piperidine rings is 1. The molecular formula is C16H23FN2O5S2. The van der Waals surface area contributed by atoms with Gasteiger partial charge in [0.2, 0.25) is 10.0 Å². The molecule has 1 amide bonds. The van der Waals surface area contributed by atoms with E-state index in [1.165, 1.54) is 6.07 Å². The maximum Gasteiger partial charge on any atom is 0.410 e. The first-order chi connectivity index (χ1) is 11.9. The number of hydrogen-bond acceptors (Lipinski definition) is 5. The van der Waals surface area contributed by atoms with Gasteiger partial charge in [0.15, 0.2) is 0 Å². The fourth-order valence-electron chi connectivity index (χ4n) is 2.58. The summed E-state index contributed by atoms with van der Waals surface area (Å²) in [4.78, 5) is 13.2. The molecule has 1 atom stereocenters. The SMILES string of the molecule is CC(C)(C)OC(=O)N1CCC(S(=O)c2ccc(S(N)(=O)=O)cc2F)CC1. The smallest absolute Gasteiger partial charge is 0.410 e. The van der Waals surface area contributed by atoms with Gasteiger partial charge in [-0.2, -0.15) is 0 Å². The lowest BCUT2D eigenvalue weighted by molar-refractivity contribution is 0.0218. The van der Waals surface area contributed by atoms with Crippen LogP contribution < -0.4 is 5.14 Å². The Hall–Kier alpha value is -1.52. The first-order valence-electron chi connectivity index (χ1n) is 8.09. The number of rotatable bonds is 3. The van der Waals surface area contributed by atoms with Crippen molar-refractivity contribution < 1.29 is 26.5 Å². The minimum atomic E-state index is -4.02. The summed E-state index contributed by atoms with van der Waals surface area (Å²) >= 11 is 0. The molecule has 0 radical (unpaired) electrons. The van der Waals surface area contributed by atoms with Crippen LogP contribution in [0.4, 0.5) is 9.18 Å². The minimum Gasteiger partial charge on any atom is -0.444 e. The van der Waals surface area contributed by atoms with Crippen molar-refractivity contribution in [2.75, 3.05) is 13.1 Å². The molecule has 0 saturated carbocycles. The molecule has 1 heterocycles. The zero-order chi connectivity index (χ0) is 19.7. The van der Waals surface area contributed by atoms with Gasteiger partial charge in [-0.25, -0.2) is 22.7 Å². The Morgan fingerprint density at radius 2 is 1.88 bits per heavy atom. The third-order valence-corrected chi connectivity index (χ3v) is 6.60. The molecule has 10 heteroatoms. The van der Waals surface area contributed by atoms with E-state index in [2.05, 4.69) is 0 Å². The predicted molar refractivity (Wildman–Crippen MR) is 95.0 cm³/mol. The molecule has 26 heavy (non-hydrogen) atoms. The zero-order valence-corrected chi connectivity index (χ0v) is 16.5. The Kier molecular flexibility index (Phi) is 6.09. The second-order valence-electron chi connectivity index (χ2n) is 7.10. The number of hydrogen-bond donors (Lipinski definition) is 1. The lowest BCUT2D eigenvalue weighted by Gasteiger charge is -2.33. The fourth-order valence-corrected chi connectivity index (χ4v) is 4.56. The van der Waals surface area contributed by atoms with Crippen LogP contribution in [-0.2, 0) is 25.6 Å². The summed E-state index contributed by atoms with van der Waals surface area (Å²) < 4.78 is 54.6. The van der Waals surface area contributed by atoms with E-state index in [-0.39, 0.29) is 15.0 Å². The Bertz CT molecular complexity index is 812. The molecule has 1 aliphatic rings. The van der Waals surface area contributed by atoms with Crippen LogP contribution in [0.5, 0.6) is 0 Å². The lowest BCUT2D eigenvalue weighted by Crippen LogP contribution is -2.43. The molecule has 2 N–H and O–H groups in total. The van der Waals surface area contributed by atoms with E-state index in [4.69, 9.17) is 9.88 Å². The second kappa shape index (κ2) is 7.61. The van der Waals surface area contributed by atoms with Crippen LogP contribution in [0, 0.1) is 5.82 Å². The molecule has 0 bridgehead atoms. The molecule has 1 unspecified atom stereocenters. The Morgan fingerprint density at radius 3 is 2.35 bits per heavy atom. The highest BCUT2D eigenvalue weighted by atomic mass is 32.2. The van der Waals surface area contributed by atoms with Crippen LogP contribution in [0.2, 0.25) is 0 Å². The van der Waals surface area contributed by atoms with Crippen molar-refractivity contribution in [3.8, 4) is 0 Å². The average Bonchev–Trinajstić information content (AvgIpc) is 2.52. The van der Waals surface area contributed by atoms with Gasteiger partial charge in [-0.3, -0.25) is 4.21 Å². The van der Waals surface area contributed by atoms with Gasteiger partial charge in [0.05, 0.1) is 20.6 Å². The van der Waals surface area contributed by atoms with E-state index in [9.17, 15) is 21.8 Å². The molecule has 1 fully saturated rings. The van der Waals surface area contributed by atoms with E-state index in [1.807, 2.05) is 0 Å². The van der Waals surface area contributed by atoms with Gasteiger partial charge in [0.25, 0.3) is 0 Å². The van der Waals surface area contributed by atoms with Gasteiger partial charge in [-0.15, -0.1) is 0 Å². The van der Waals surface area contributed by atoms with Gasteiger partial charge in [-0.1, -0.05) is 0 Å². The van der Waals surface area contributed by atoms with E-state index >= 15 is 0 Å². The normalized spacial score (nSPS) is 17.8. The van der Waals surface area contributed by atoms with Crippen LogP contribution in [0.3, 0.4) is 0 Å². The summed E-state index contributed by atoms with van der Waals surface area (Å²) in [5.41, 5.74) is -0.592. The number of amides is 1. The number of carbonyl (C=O) groups is 1. The number of nitrogens with two attached hydrogens (primary N) is 1. The molecule has 1 aromatic carbocycles. The number of sulfonamides is 1. The van der Waals surface area contributed by atoms with E-state index < -0.39 is 38.3 Å². The predicted octanol–water partition coefficient (Wildman–Crippen LogP) is 1.98. The molecule has 0 aromatic heterocycles. The number of nitrogens with zero attached hydrogens (tertiary/aromatic N) is 1. The van der Waals surface area contributed by atoms with Crippen LogP contribution in [0.1, 0.15) is 33.6 Å². The van der Waals surface area contributed by atoms with Crippen LogP contribution >= 0.6 is 0 Å². The first-order valence-corrected chi connectivity index (χ1v) is 10.9. The average molecular weight is 407 g/mol. The summed E-state index contributed by atoms with van der Waals surface area (Å²) in [6, 6.07) is 3.10. The van der Waals surface area contributed by atoms with Crippen molar-refractivity contribution in [2.24, 2.45) is 5.14 Å². The zero-order valence-electron chi connectivity index (χ0n) is 14.9. The minimum absolute atomic E-state index is 0.0619. The lowest BCUT2D eigenvalue weighted by atomic mass is 10.1. The summed E-state index contributed by atoms with van der Waals surface area (Å²) in [5, 5.41) is 4.63. The van der Waals surface area contributed by atoms with Crippen LogP contribution in [-0.4, -0.2) is 47.6 Å². The Morgan fingerprint density at radius 1 is 1.31 bits per heavy atom. The highest BCUT2D eigenvalue weighted by Gasteiger charge is 2.30. The molecule has 7 nitrogen and oxygen atoms in total. The maximum atomic E-state index is 14.2. The summed E-state index contributed by atoms with van der Waals surface area (Å²) in [7, 11) is -5.67. The molecule has 146 valence electrons.